The molecule has 0 spiro atoms. The van der Waals surface area contributed by atoms with E-state index in [0.29, 0.717) is 16.6 Å². The van der Waals surface area contributed by atoms with Crippen molar-refractivity contribution in [1.82, 2.24) is 10.5 Å². The minimum atomic E-state index is -0.361. The summed E-state index contributed by atoms with van der Waals surface area (Å²) < 4.78 is 5.16. The first-order valence-corrected chi connectivity index (χ1v) is 8.42. The van der Waals surface area contributed by atoms with E-state index in [-0.39, 0.29) is 11.7 Å². The molecule has 3 aromatic rings. The van der Waals surface area contributed by atoms with Gasteiger partial charge in [0.1, 0.15) is 0 Å². The van der Waals surface area contributed by atoms with E-state index in [9.17, 15) is 4.79 Å². The third-order valence-corrected chi connectivity index (χ3v) is 4.59. The Kier molecular flexibility index (Phi) is 4.26. The van der Waals surface area contributed by atoms with E-state index in [1.165, 1.54) is 0 Å². The standard InChI is InChI=1S/C19H16ClN3O2/c20-15-8-13(12-4-2-1-3-5-12)6-7-16(15)22-19(24)18-9-17(23-25-18)14-10-21-11-14/h1-9,14,21H,10-11H2,(H,22,24). The van der Waals surface area contributed by atoms with E-state index in [0.717, 1.165) is 29.9 Å². The van der Waals surface area contributed by atoms with E-state index < -0.39 is 0 Å². The van der Waals surface area contributed by atoms with Gasteiger partial charge in [0.25, 0.3) is 5.91 Å². The van der Waals surface area contributed by atoms with Crippen molar-refractivity contribution in [1.29, 1.82) is 0 Å². The molecule has 25 heavy (non-hydrogen) atoms. The molecule has 1 aromatic heterocycles. The molecule has 0 radical (unpaired) electrons. The monoisotopic (exact) mass is 353 g/mol. The van der Waals surface area contributed by atoms with Gasteiger partial charge < -0.3 is 15.2 Å². The fraction of sp³-hybridized carbons (Fsp3) is 0.158. The maximum absolute atomic E-state index is 12.3. The van der Waals surface area contributed by atoms with Crippen molar-refractivity contribution in [3.05, 3.63) is 71.1 Å². The van der Waals surface area contributed by atoms with Gasteiger partial charge in [-0.25, -0.2) is 0 Å². The van der Waals surface area contributed by atoms with E-state index >= 15 is 0 Å². The number of rotatable bonds is 4. The van der Waals surface area contributed by atoms with Crippen LogP contribution in [0.15, 0.2) is 59.1 Å². The largest absolute Gasteiger partial charge is 0.351 e. The highest BCUT2D eigenvalue weighted by atomic mass is 35.5. The highest BCUT2D eigenvalue weighted by Gasteiger charge is 2.24. The van der Waals surface area contributed by atoms with Gasteiger partial charge in [0.05, 0.1) is 16.4 Å². The molecule has 2 heterocycles. The smallest absolute Gasteiger partial charge is 0.294 e. The average Bonchev–Trinajstić information content (AvgIpc) is 3.05. The lowest BCUT2D eigenvalue weighted by atomic mass is 9.99. The summed E-state index contributed by atoms with van der Waals surface area (Å²) in [5.74, 6) is 0.143. The SMILES string of the molecule is O=C(Nc1ccc(-c2ccccc2)cc1Cl)c1cc(C2CNC2)no1. The molecule has 126 valence electrons. The molecule has 0 saturated carbocycles. The molecule has 1 saturated heterocycles. The predicted molar refractivity (Wildman–Crippen MR) is 97.0 cm³/mol. The van der Waals surface area contributed by atoms with E-state index in [1.807, 2.05) is 42.5 Å². The number of halogens is 1. The number of anilines is 1. The van der Waals surface area contributed by atoms with Crippen LogP contribution in [0.1, 0.15) is 22.2 Å². The van der Waals surface area contributed by atoms with Crippen LogP contribution in [0.5, 0.6) is 0 Å². The molecule has 5 nitrogen and oxygen atoms in total. The number of nitrogens with one attached hydrogen (secondary N) is 2. The van der Waals surface area contributed by atoms with Gasteiger partial charge in [-0.3, -0.25) is 4.79 Å². The maximum atomic E-state index is 12.3. The lowest BCUT2D eigenvalue weighted by Gasteiger charge is -2.24. The molecular weight excluding hydrogens is 338 g/mol. The fourth-order valence-corrected chi connectivity index (χ4v) is 2.92. The van der Waals surface area contributed by atoms with Crippen molar-refractivity contribution < 1.29 is 9.32 Å². The Morgan fingerprint density at radius 2 is 1.92 bits per heavy atom. The summed E-state index contributed by atoms with van der Waals surface area (Å²) in [5, 5.41) is 10.4. The first kappa shape index (κ1) is 15.9. The molecule has 0 bridgehead atoms. The maximum Gasteiger partial charge on any atom is 0.294 e. The Morgan fingerprint density at radius 3 is 2.60 bits per heavy atom. The summed E-state index contributed by atoms with van der Waals surface area (Å²) in [4.78, 5) is 12.3. The normalized spacial score (nSPS) is 14.1. The molecule has 4 rings (SSSR count). The van der Waals surface area contributed by atoms with Crippen LogP contribution in [0.2, 0.25) is 5.02 Å². The van der Waals surface area contributed by atoms with Crippen LogP contribution in [0, 0.1) is 0 Å². The van der Waals surface area contributed by atoms with Crippen molar-refractivity contribution in [3.63, 3.8) is 0 Å². The molecule has 6 heteroatoms. The second-order valence-corrected chi connectivity index (χ2v) is 6.39. The summed E-state index contributed by atoms with van der Waals surface area (Å²) in [6.45, 7) is 1.72. The molecule has 2 N–H and O–H groups in total. The quantitative estimate of drug-likeness (QED) is 0.745. The summed E-state index contributed by atoms with van der Waals surface area (Å²) in [7, 11) is 0. The lowest BCUT2D eigenvalue weighted by Crippen LogP contribution is -2.40. The third kappa shape index (κ3) is 3.29. The summed E-state index contributed by atoms with van der Waals surface area (Å²) in [6, 6.07) is 17.1. The highest BCUT2D eigenvalue weighted by Crippen LogP contribution is 2.29. The van der Waals surface area contributed by atoms with Gasteiger partial charge in [-0.1, -0.05) is 53.2 Å². The van der Waals surface area contributed by atoms with Crippen molar-refractivity contribution in [2.45, 2.75) is 5.92 Å². The van der Waals surface area contributed by atoms with Crippen LogP contribution in [0.25, 0.3) is 11.1 Å². The van der Waals surface area contributed by atoms with Gasteiger partial charge in [0.2, 0.25) is 5.76 Å². The minimum Gasteiger partial charge on any atom is -0.351 e. The first-order valence-electron chi connectivity index (χ1n) is 8.04. The number of aromatic nitrogens is 1. The fourth-order valence-electron chi connectivity index (χ4n) is 2.70. The average molecular weight is 354 g/mol. The van der Waals surface area contributed by atoms with Crippen LogP contribution in [0.4, 0.5) is 5.69 Å². The topological polar surface area (TPSA) is 67.2 Å². The van der Waals surface area contributed by atoms with Gasteiger partial charge in [0, 0.05) is 25.1 Å². The van der Waals surface area contributed by atoms with Crippen molar-refractivity contribution in [2.24, 2.45) is 0 Å². The third-order valence-electron chi connectivity index (χ3n) is 4.28. The molecule has 0 aliphatic carbocycles. The van der Waals surface area contributed by atoms with Gasteiger partial charge in [-0.2, -0.15) is 0 Å². The molecule has 0 unspecified atom stereocenters. The summed E-state index contributed by atoms with van der Waals surface area (Å²) in [5.41, 5.74) is 3.39. The van der Waals surface area contributed by atoms with Crippen molar-refractivity contribution in [2.75, 3.05) is 18.4 Å². The minimum absolute atomic E-state index is 0.185. The highest BCUT2D eigenvalue weighted by molar-refractivity contribution is 6.34. The second kappa shape index (κ2) is 6.70. The van der Waals surface area contributed by atoms with Crippen LogP contribution in [-0.4, -0.2) is 24.2 Å². The molecule has 1 aliphatic rings. The van der Waals surface area contributed by atoms with Gasteiger partial charge in [-0.05, 0) is 23.3 Å². The number of hydrogen-bond donors (Lipinski definition) is 2. The Balaban J connectivity index is 1.50. The zero-order valence-electron chi connectivity index (χ0n) is 13.3. The van der Waals surface area contributed by atoms with E-state index in [1.54, 1.807) is 12.1 Å². The second-order valence-electron chi connectivity index (χ2n) is 5.99. The van der Waals surface area contributed by atoms with E-state index in [2.05, 4.69) is 15.8 Å². The predicted octanol–water partition coefficient (Wildman–Crippen LogP) is 3.93. The molecule has 1 aliphatic heterocycles. The van der Waals surface area contributed by atoms with Gasteiger partial charge >= 0.3 is 0 Å². The molecule has 0 atom stereocenters. The molecule has 2 aromatic carbocycles. The molecule has 1 fully saturated rings. The van der Waals surface area contributed by atoms with Gasteiger partial charge in [0.15, 0.2) is 0 Å². The summed E-state index contributed by atoms with van der Waals surface area (Å²) in [6.07, 6.45) is 0. The molecular formula is C19H16ClN3O2. The Morgan fingerprint density at radius 1 is 1.12 bits per heavy atom. The Bertz CT molecular complexity index is 904. The number of carbonyl (C=O) groups excluding carboxylic acids is 1. The van der Waals surface area contributed by atoms with Crippen molar-refractivity contribution in [3.8, 4) is 11.1 Å². The summed E-state index contributed by atoms with van der Waals surface area (Å²) >= 11 is 6.33. The Labute approximate surface area is 150 Å². The zero-order valence-corrected chi connectivity index (χ0v) is 14.1. The van der Waals surface area contributed by atoms with Crippen LogP contribution in [0.3, 0.4) is 0 Å². The van der Waals surface area contributed by atoms with Crippen molar-refractivity contribution >= 4 is 23.2 Å². The number of hydrogen-bond acceptors (Lipinski definition) is 4. The van der Waals surface area contributed by atoms with Crippen LogP contribution < -0.4 is 10.6 Å². The number of amides is 1. The lowest BCUT2D eigenvalue weighted by molar-refractivity contribution is 0.0987. The van der Waals surface area contributed by atoms with Crippen LogP contribution in [-0.2, 0) is 0 Å². The number of benzene rings is 2. The first-order chi connectivity index (χ1) is 12.2. The number of nitrogens with zero attached hydrogens (tertiary/aromatic N) is 1. The van der Waals surface area contributed by atoms with E-state index in [4.69, 9.17) is 16.1 Å². The zero-order chi connectivity index (χ0) is 17.2. The van der Waals surface area contributed by atoms with Crippen LogP contribution >= 0.6 is 11.6 Å². The number of carbonyl (C=O) groups is 1. The molecule has 1 amide bonds. The Hall–Kier alpha value is -2.63. The van der Waals surface area contributed by atoms with Gasteiger partial charge in [-0.15, -0.1) is 0 Å².